The van der Waals surface area contributed by atoms with E-state index >= 15 is 0 Å². The quantitative estimate of drug-likeness (QED) is 0.721. The molecule has 0 fully saturated rings. The van der Waals surface area contributed by atoms with Gasteiger partial charge in [0.2, 0.25) is 11.8 Å². The van der Waals surface area contributed by atoms with Gasteiger partial charge in [-0.15, -0.1) is 0 Å². The largest absolute Gasteiger partial charge is 0.481 e. The fourth-order valence-corrected chi connectivity index (χ4v) is 3.82. The number of pyridine rings is 1. The molecule has 0 radical (unpaired) electrons. The van der Waals surface area contributed by atoms with Crippen molar-refractivity contribution in [3.8, 4) is 5.88 Å². The molecule has 1 amide bonds. The van der Waals surface area contributed by atoms with Gasteiger partial charge in [0.15, 0.2) is 11.6 Å². The highest BCUT2D eigenvalue weighted by Gasteiger charge is 2.31. The van der Waals surface area contributed by atoms with E-state index in [4.69, 9.17) is 4.74 Å². The zero-order valence-electron chi connectivity index (χ0n) is 16.4. The topological polar surface area (TPSA) is 54.5 Å². The number of nitrogens with zero attached hydrogens (tertiary/aromatic N) is 2. The number of fused-ring (bicyclic) bond motifs is 2. The number of methoxy groups -OCH3 is 1. The van der Waals surface area contributed by atoms with Crippen LogP contribution in [0.3, 0.4) is 0 Å². The predicted molar refractivity (Wildman–Crippen MR) is 107 cm³/mol. The molecule has 5 nitrogen and oxygen atoms in total. The number of halogens is 2. The summed E-state index contributed by atoms with van der Waals surface area (Å²) in [4.78, 5) is 18.9. The van der Waals surface area contributed by atoms with Gasteiger partial charge >= 0.3 is 0 Å². The molecule has 2 heterocycles. The van der Waals surface area contributed by atoms with Crippen LogP contribution in [0.25, 0.3) is 10.8 Å². The van der Waals surface area contributed by atoms with Gasteiger partial charge in [0.25, 0.3) is 0 Å². The Bertz CT molecular complexity index is 1080. The lowest BCUT2D eigenvalue weighted by molar-refractivity contribution is -0.132. The summed E-state index contributed by atoms with van der Waals surface area (Å²) < 4.78 is 32.9. The number of nitrogens with one attached hydrogen (secondary N) is 1. The molecular formula is C22H21F2N3O2. The van der Waals surface area contributed by atoms with Crippen molar-refractivity contribution >= 4 is 22.4 Å². The molecule has 150 valence electrons. The van der Waals surface area contributed by atoms with E-state index in [-0.39, 0.29) is 17.8 Å². The van der Waals surface area contributed by atoms with Gasteiger partial charge in [-0.3, -0.25) is 4.79 Å². The molecule has 7 heteroatoms. The molecule has 0 spiro atoms. The number of amides is 1. The van der Waals surface area contributed by atoms with Crippen LogP contribution in [0, 0.1) is 11.6 Å². The van der Waals surface area contributed by atoms with Gasteiger partial charge in [0.1, 0.15) is 6.04 Å². The molecule has 4 rings (SSSR count). The SMILES string of the molecule is COc1ncc([C@@H](C)N(C)C(=O)[C@@H]2Cc3ccccc3N2)c2cc(F)c(F)cc12. The average molecular weight is 397 g/mol. The van der Waals surface area contributed by atoms with E-state index < -0.39 is 17.7 Å². The fraction of sp³-hybridized carbons (Fsp3) is 0.273. The van der Waals surface area contributed by atoms with Gasteiger partial charge in [0.05, 0.1) is 13.2 Å². The lowest BCUT2D eigenvalue weighted by Crippen LogP contribution is -2.41. The fourth-order valence-electron chi connectivity index (χ4n) is 3.82. The summed E-state index contributed by atoms with van der Waals surface area (Å²) in [6.45, 7) is 1.84. The zero-order valence-corrected chi connectivity index (χ0v) is 16.4. The van der Waals surface area contributed by atoms with Crippen LogP contribution in [0.2, 0.25) is 0 Å². The number of ether oxygens (including phenoxy) is 1. The molecule has 2 aromatic carbocycles. The third kappa shape index (κ3) is 3.26. The maximum absolute atomic E-state index is 14.0. The Kier molecular flexibility index (Phi) is 4.82. The highest BCUT2D eigenvalue weighted by atomic mass is 19.2. The van der Waals surface area contributed by atoms with Gasteiger partial charge in [-0.25, -0.2) is 13.8 Å². The lowest BCUT2D eigenvalue weighted by atomic mass is 10.00. The minimum atomic E-state index is -0.972. The van der Waals surface area contributed by atoms with E-state index in [1.54, 1.807) is 18.1 Å². The number of benzene rings is 2. The van der Waals surface area contributed by atoms with Gasteiger partial charge < -0.3 is 15.0 Å². The molecule has 1 aliphatic rings. The van der Waals surface area contributed by atoms with Crippen LogP contribution in [0.1, 0.15) is 24.1 Å². The van der Waals surface area contributed by atoms with E-state index in [0.717, 1.165) is 23.4 Å². The number of carbonyl (C=O) groups is 1. The van der Waals surface area contributed by atoms with E-state index in [1.165, 1.54) is 7.11 Å². The minimum Gasteiger partial charge on any atom is -0.481 e. The van der Waals surface area contributed by atoms with Crippen molar-refractivity contribution in [2.75, 3.05) is 19.5 Å². The summed E-state index contributed by atoms with van der Waals surface area (Å²) >= 11 is 0. The number of likely N-dealkylation sites (N-methyl/N-ethyl adjacent to an activating group) is 1. The van der Waals surface area contributed by atoms with E-state index in [2.05, 4.69) is 10.3 Å². The van der Waals surface area contributed by atoms with Crippen LogP contribution in [-0.2, 0) is 11.2 Å². The molecule has 0 saturated heterocycles. The molecule has 0 unspecified atom stereocenters. The monoisotopic (exact) mass is 397 g/mol. The summed E-state index contributed by atoms with van der Waals surface area (Å²) in [5.74, 6) is -1.81. The first-order valence-corrected chi connectivity index (χ1v) is 9.33. The second-order valence-electron chi connectivity index (χ2n) is 7.22. The third-order valence-corrected chi connectivity index (χ3v) is 5.56. The number of rotatable bonds is 4. The second-order valence-corrected chi connectivity index (χ2v) is 7.22. The van der Waals surface area contributed by atoms with Crippen molar-refractivity contribution in [1.82, 2.24) is 9.88 Å². The Morgan fingerprint density at radius 1 is 1.24 bits per heavy atom. The van der Waals surface area contributed by atoms with E-state index in [9.17, 15) is 13.6 Å². The molecule has 0 saturated carbocycles. The van der Waals surface area contributed by atoms with Gasteiger partial charge in [-0.2, -0.15) is 0 Å². The van der Waals surface area contributed by atoms with Gasteiger partial charge in [-0.1, -0.05) is 18.2 Å². The first-order valence-electron chi connectivity index (χ1n) is 9.33. The van der Waals surface area contributed by atoms with E-state index in [0.29, 0.717) is 22.8 Å². The number of aromatic nitrogens is 1. The first-order chi connectivity index (χ1) is 13.9. The molecule has 1 N–H and O–H groups in total. The van der Waals surface area contributed by atoms with Gasteiger partial charge in [-0.05, 0) is 36.1 Å². The Morgan fingerprint density at radius 2 is 1.93 bits per heavy atom. The van der Waals surface area contributed by atoms with Crippen LogP contribution in [0.4, 0.5) is 14.5 Å². The standard InChI is InChI=1S/C22H21F2N3O2/c1-12(27(2)22(28)20-8-13-6-4-5-7-19(13)26-20)16-11-25-21(29-3)15-10-18(24)17(23)9-14(15)16/h4-7,9-12,20,26H,8H2,1-3H3/t12-,20+/m1/s1. The van der Waals surface area contributed by atoms with Crippen LogP contribution in [0.5, 0.6) is 5.88 Å². The zero-order chi connectivity index (χ0) is 20.7. The summed E-state index contributed by atoms with van der Waals surface area (Å²) in [7, 11) is 3.12. The number of hydrogen-bond acceptors (Lipinski definition) is 4. The van der Waals surface area contributed by atoms with Crippen LogP contribution in [0.15, 0.2) is 42.6 Å². The summed E-state index contributed by atoms with van der Waals surface area (Å²) in [5, 5.41) is 4.08. The van der Waals surface area contributed by atoms with Crippen molar-refractivity contribution in [2.45, 2.75) is 25.4 Å². The summed E-state index contributed by atoms with van der Waals surface area (Å²) in [5.41, 5.74) is 2.67. The number of hydrogen-bond donors (Lipinski definition) is 1. The van der Waals surface area contributed by atoms with Crippen LogP contribution >= 0.6 is 0 Å². The highest BCUT2D eigenvalue weighted by molar-refractivity contribution is 5.91. The average Bonchev–Trinajstić information content (AvgIpc) is 3.16. The molecule has 1 aromatic heterocycles. The van der Waals surface area contributed by atoms with Crippen molar-refractivity contribution in [3.05, 3.63) is 65.4 Å². The van der Waals surface area contributed by atoms with Crippen LogP contribution in [-0.4, -0.2) is 36.0 Å². The maximum atomic E-state index is 14.0. The molecule has 1 aliphatic heterocycles. The first kappa shape index (κ1) is 19.1. The normalized spacial score (nSPS) is 16.2. The van der Waals surface area contributed by atoms with Crippen molar-refractivity contribution in [3.63, 3.8) is 0 Å². The van der Waals surface area contributed by atoms with Crippen LogP contribution < -0.4 is 10.1 Å². The van der Waals surface area contributed by atoms with Gasteiger partial charge in [0, 0.05) is 36.3 Å². The lowest BCUT2D eigenvalue weighted by Gasteiger charge is -2.29. The molecular weight excluding hydrogens is 376 g/mol. The summed E-state index contributed by atoms with van der Waals surface area (Å²) in [6.07, 6.45) is 2.15. The Hall–Kier alpha value is -3.22. The number of anilines is 1. The number of para-hydroxylation sites is 1. The van der Waals surface area contributed by atoms with E-state index in [1.807, 2.05) is 31.2 Å². The third-order valence-electron chi connectivity index (χ3n) is 5.56. The Balaban J connectivity index is 1.66. The second kappa shape index (κ2) is 7.31. The smallest absolute Gasteiger partial charge is 0.245 e. The maximum Gasteiger partial charge on any atom is 0.245 e. The molecule has 0 bridgehead atoms. The molecule has 0 aliphatic carbocycles. The van der Waals surface area contributed by atoms with Crippen molar-refractivity contribution in [1.29, 1.82) is 0 Å². The minimum absolute atomic E-state index is 0.0831. The molecule has 2 atom stereocenters. The number of carbonyl (C=O) groups excluding carboxylic acids is 1. The molecule has 3 aromatic rings. The highest BCUT2D eigenvalue weighted by Crippen LogP contribution is 2.34. The Morgan fingerprint density at radius 3 is 2.62 bits per heavy atom. The molecule has 29 heavy (non-hydrogen) atoms. The Labute approximate surface area is 167 Å². The predicted octanol–water partition coefficient (Wildman–Crippen LogP) is 4.08. The van der Waals surface area contributed by atoms with Crippen molar-refractivity contribution < 1.29 is 18.3 Å². The summed E-state index contributed by atoms with van der Waals surface area (Å²) in [6, 6.07) is 9.25. The van der Waals surface area contributed by atoms with Crippen molar-refractivity contribution in [2.24, 2.45) is 0 Å².